The molecular weight excluding hydrogens is 206 g/mol. The summed E-state index contributed by atoms with van der Waals surface area (Å²) in [6.07, 6.45) is 2.94. The van der Waals surface area contributed by atoms with Gasteiger partial charge in [0.15, 0.2) is 0 Å². The smallest absolute Gasteiger partial charge is 0.322 e. The molecule has 0 amide bonds. The van der Waals surface area contributed by atoms with Crippen LogP contribution in [0.15, 0.2) is 0 Å². The molecular formula is C8H13NO4S. The van der Waals surface area contributed by atoms with Gasteiger partial charge in [0.1, 0.15) is 6.04 Å². The van der Waals surface area contributed by atoms with Crippen LogP contribution in [0.1, 0.15) is 25.7 Å². The fourth-order valence-corrected chi connectivity index (χ4v) is 3.03. The monoisotopic (exact) mass is 219 g/mol. The quantitative estimate of drug-likeness (QED) is 0.678. The van der Waals surface area contributed by atoms with Crippen LogP contribution in [0.4, 0.5) is 0 Å². The summed E-state index contributed by atoms with van der Waals surface area (Å²) in [6, 6.07) is -0.902. The van der Waals surface area contributed by atoms with Crippen LogP contribution < -0.4 is 4.72 Å². The molecule has 2 aliphatic carbocycles. The Hall–Kier alpha value is -0.620. The van der Waals surface area contributed by atoms with Gasteiger partial charge in [0.05, 0.1) is 5.25 Å². The Morgan fingerprint density at radius 2 is 1.86 bits per heavy atom. The van der Waals surface area contributed by atoms with E-state index in [0.717, 1.165) is 12.8 Å². The van der Waals surface area contributed by atoms with Crippen LogP contribution >= 0.6 is 0 Å². The number of carbonyl (C=O) groups is 1. The van der Waals surface area contributed by atoms with Crippen molar-refractivity contribution in [2.24, 2.45) is 5.92 Å². The summed E-state index contributed by atoms with van der Waals surface area (Å²) in [7, 11) is -3.37. The third kappa shape index (κ3) is 2.06. The highest BCUT2D eigenvalue weighted by Crippen LogP contribution is 2.35. The molecule has 2 rings (SSSR count). The van der Waals surface area contributed by atoms with E-state index in [1.54, 1.807) is 0 Å². The minimum absolute atomic E-state index is 0.000949. The van der Waals surface area contributed by atoms with Crippen molar-refractivity contribution in [2.45, 2.75) is 37.0 Å². The number of carboxylic acids is 1. The van der Waals surface area contributed by atoms with Gasteiger partial charge in [-0.3, -0.25) is 4.79 Å². The zero-order chi connectivity index (χ0) is 10.3. The largest absolute Gasteiger partial charge is 0.480 e. The average Bonchev–Trinajstić information content (AvgIpc) is 2.88. The number of aliphatic carboxylic acids is 1. The lowest BCUT2D eigenvalue weighted by Gasteiger charge is -2.13. The maximum atomic E-state index is 11.5. The second-order valence-electron chi connectivity index (χ2n) is 4.02. The molecule has 0 spiro atoms. The van der Waals surface area contributed by atoms with Gasteiger partial charge in [0.25, 0.3) is 0 Å². The molecule has 2 aliphatic rings. The van der Waals surface area contributed by atoms with Crippen molar-refractivity contribution in [3.63, 3.8) is 0 Å². The van der Waals surface area contributed by atoms with Gasteiger partial charge in [0, 0.05) is 0 Å². The lowest BCUT2D eigenvalue weighted by molar-refractivity contribution is -0.139. The summed E-state index contributed by atoms with van der Waals surface area (Å²) in [4.78, 5) is 10.8. The maximum absolute atomic E-state index is 11.5. The number of hydrogen-bond acceptors (Lipinski definition) is 3. The van der Waals surface area contributed by atoms with E-state index < -0.39 is 22.0 Å². The first kappa shape index (κ1) is 9.92. The number of sulfonamides is 1. The predicted octanol–water partition coefficient (Wildman–Crippen LogP) is -0.0686. The summed E-state index contributed by atoms with van der Waals surface area (Å²) < 4.78 is 25.2. The van der Waals surface area contributed by atoms with E-state index in [1.165, 1.54) is 0 Å². The van der Waals surface area contributed by atoms with Crippen molar-refractivity contribution in [3.8, 4) is 0 Å². The first-order valence-electron chi connectivity index (χ1n) is 4.74. The van der Waals surface area contributed by atoms with Crippen molar-refractivity contribution < 1.29 is 18.3 Å². The highest BCUT2D eigenvalue weighted by atomic mass is 32.2. The van der Waals surface area contributed by atoms with Crippen LogP contribution in [0.25, 0.3) is 0 Å². The first-order valence-corrected chi connectivity index (χ1v) is 6.29. The van der Waals surface area contributed by atoms with E-state index >= 15 is 0 Å². The fraction of sp³-hybridized carbons (Fsp3) is 0.875. The average molecular weight is 219 g/mol. The Bertz CT molecular complexity index is 342. The molecule has 80 valence electrons. The Balaban J connectivity index is 2.02. The summed E-state index contributed by atoms with van der Waals surface area (Å²) >= 11 is 0. The van der Waals surface area contributed by atoms with E-state index in [2.05, 4.69) is 4.72 Å². The molecule has 2 saturated carbocycles. The third-order valence-corrected chi connectivity index (χ3v) is 4.55. The molecule has 2 fully saturated rings. The molecule has 0 heterocycles. The minimum atomic E-state index is -3.37. The lowest BCUT2D eigenvalue weighted by Crippen LogP contribution is -2.43. The number of nitrogens with one attached hydrogen (secondary N) is 1. The van der Waals surface area contributed by atoms with Crippen molar-refractivity contribution in [1.29, 1.82) is 0 Å². The SMILES string of the molecule is O=C(O)C(NS(=O)(=O)C1CC1)C1CC1. The predicted molar refractivity (Wildman–Crippen MR) is 49.2 cm³/mol. The molecule has 0 bridgehead atoms. The standard InChI is InChI=1S/C8H13NO4S/c10-8(11)7(5-1-2-5)9-14(12,13)6-3-4-6/h5-7,9H,1-4H2,(H,10,11). The van der Waals surface area contributed by atoms with Crippen molar-refractivity contribution >= 4 is 16.0 Å². The minimum Gasteiger partial charge on any atom is -0.480 e. The van der Waals surface area contributed by atoms with Gasteiger partial charge < -0.3 is 5.11 Å². The van der Waals surface area contributed by atoms with Crippen molar-refractivity contribution in [3.05, 3.63) is 0 Å². The zero-order valence-electron chi connectivity index (χ0n) is 7.64. The molecule has 5 nitrogen and oxygen atoms in total. The van der Waals surface area contributed by atoms with Gasteiger partial charge in [-0.25, -0.2) is 13.1 Å². The highest BCUT2D eigenvalue weighted by molar-refractivity contribution is 7.90. The molecule has 1 unspecified atom stereocenters. The first-order chi connectivity index (χ1) is 6.50. The normalized spacial score (nSPS) is 24.6. The number of rotatable bonds is 5. The summed E-state index contributed by atoms with van der Waals surface area (Å²) in [5, 5.41) is 8.48. The second kappa shape index (κ2) is 3.20. The second-order valence-corrected chi connectivity index (χ2v) is 6.01. The van der Waals surface area contributed by atoms with Gasteiger partial charge in [0.2, 0.25) is 10.0 Å². The summed E-state index contributed by atoms with van der Waals surface area (Å²) in [6.45, 7) is 0. The van der Waals surface area contributed by atoms with E-state index in [1.807, 2.05) is 0 Å². The lowest BCUT2D eigenvalue weighted by atomic mass is 10.2. The Morgan fingerprint density at radius 3 is 2.21 bits per heavy atom. The molecule has 0 aromatic rings. The van der Waals surface area contributed by atoms with Crippen molar-refractivity contribution in [1.82, 2.24) is 4.72 Å². The highest BCUT2D eigenvalue weighted by Gasteiger charge is 2.43. The van der Waals surface area contributed by atoms with E-state index in [-0.39, 0.29) is 11.2 Å². The van der Waals surface area contributed by atoms with Crippen molar-refractivity contribution in [2.75, 3.05) is 0 Å². The molecule has 0 aromatic carbocycles. The number of carboxylic acid groups (broad SMARTS) is 1. The summed E-state index contributed by atoms with van der Waals surface area (Å²) in [5.41, 5.74) is 0. The van der Waals surface area contributed by atoms with Crippen LogP contribution in [-0.4, -0.2) is 30.8 Å². The number of hydrogen-bond donors (Lipinski definition) is 2. The Kier molecular flexibility index (Phi) is 2.27. The van der Waals surface area contributed by atoms with Crippen LogP contribution in [0.5, 0.6) is 0 Å². The topological polar surface area (TPSA) is 83.5 Å². The van der Waals surface area contributed by atoms with Gasteiger partial charge in [-0.05, 0) is 31.6 Å². The Labute approximate surface area is 82.5 Å². The van der Waals surface area contributed by atoms with E-state index in [0.29, 0.717) is 12.8 Å². The molecule has 6 heteroatoms. The van der Waals surface area contributed by atoms with Crippen LogP contribution in [0, 0.1) is 5.92 Å². The van der Waals surface area contributed by atoms with Gasteiger partial charge >= 0.3 is 5.97 Å². The Morgan fingerprint density at radius 1 is 1.29 bits per heavy atom. The van der Waals surface area contributed by atoms with E-state index in [9.17, 15) is 13.2 Å². The van der Waals surface area contributed by atoms with Crippen LogP contribution in [-0.2, 0) is 14.8 Å². The van der Waals surface area contributed by atoms with Gasteiger partial charge in [-0.2, -0.15) is 0 Å². The van der Waals surface area contributed by atoms with E-state index in [4.69, 9.17) is 5.11 Å². The molecule has 0 radical (unpaired) electrons. The van der Waals surface area contributed by atoms with Crippen LogP contribution in [0.2, 0.25) is 0 Å². The fourth-order valence-electron chi connectivity index (χ4n) is 1.43. The maximum Gasteiger partial charge on any atom is 0.322 e. The van der Waals surface area contributed by atoms with Crippen LogP contribution in [0.3, 0.4) is 0 Å². The van der Waals surface area contributed by atoms with Gasteiger partial charge in [-0.15, -0.1) is 0 Å². The molecule has 14 heavy (non-hydrogen) atoms. The molecule has 1 atom stereocenters. The zero-order valence-corrected chi connectivity index (χ0v) is 8.46. The molecule has 0 aromatic heterocycles. The molecule has 2 N–H and O–H groups in total. The molecule has 0 aliphatic heterocycles. The molecule has 0 saturated heterocycles. The van der Waals surface area contributed by atoms with Gasteiger partial charge in [-0.1, -0.05) is 0 Å². The summed E-state index contributed by atoms with van der Waals surface area (Å²) in [5.74, 6) is -1.06. The third-order valence-electron chi connectivity index (χ3n) is 2.61.